The number of aryl methyl sites for hydroxylation is 1. The van der Waals surface area contributed by atoms with Crippen molar-refractivity contribution in [1.82, 2.24) is 9.80 Å². The summed E-state index contributed by atoms with van der Waals surface area (Å²) >= 11 is 1.72. The lowest BCUT2D eigenvalue weighted by atomic mass is 10.00. The molecule has 0 saturated carbocycles. The number of ether oxygens (including phenoxy) is 2. The molecule has 2 amide bonds. The molecule has 1 atom stereocenters. The molecular formula is C29H34N2O4S. The highest BCUT2D eigenvalue weighted by Gasteiger charge is 2.34. The van der Waals surface area contributed by atoms with Gasteiger partial charge in [0.05, 0.1) is 18.7 Å². The molecule has 2 heterocycles. The molecule has 6 nitrogen and oxygen atoms in total. The number of amides is 2. The number of rotatable bonds is 9. The maximum Gasteiger partial charge on any atom is 0.258 e. The molecule has 0 fully saturated rings. The number of nitrogens with zero attached hydrogens (tertiary/aromatic N) is 2. The third-order valence-electron chi connectivity index (χ3n) is 6.44. The SMILES string of the molecule is COc1ccccc1C(=O)N(CC(=O)N1CCc2sccc2C1COc1ccccc1C)CC(C)C. The van der Waals surface area contributed by atoms with Crippen molar-refractivity contribution >= 4 is 23.2 Å². The summed E-state index contributed by atoms with van der Waals surface area (Å²) in [4.78, 5) is 32.1. The van der Waals surface area contributed by atoms with E-state index in [1.807, 2.05) is 62.1 Å². The van der Waals surface area contributed by atoms with Crippen LogP contribution in [0.1, 0.15) is 46.3 Å². The topological polar surface area (TPSA) is 59.1 Å². The maximum absolute atomic E-state index is 13.7. The van der Waals surface area contributed by atoms with Crippen LogP contribution in [0.4, 0.5) is 0 Å². The van der Waals surface area contributed by atoms with E-state index in [9.17, 15) is 9.59 Å². The highest BCUT2D eigenvalue weighted by Crippen LogP contribution is 2.34. The molecule has 0 saturated heterocycles. The van der Waals surface area contributed by atoms with Gasteiger partial charge >= 0.3 is 0 Å². The van der Waals surface area contributed by atoms with Gasteiger partial charge in [-0.2, -0.15) is 0 Å². The molecule has 1 unspecified atom stereocenters. The fourth-order valence-electron chi connectivity index (χ4n) is 4.67. The molecule has 0 aliphatic carbocycles. The van der Waals surface area contributed by atoms with E-state index in [4.69, 9.17) is 9.47 Å². The Bertz CT molecular complexity index is 1210. The van der Waals surface area contributed by atoms with E-state index in [1.54, 1.807) is 35.5 Å². The van der Waals surface area contributed by atoms with Crippen LogP contribution in [-0.2, 0) is 11.2 Å². The van der Waals surface area contributed by atoms with Gasteiger partial charge in [-0.25, -0.2) is 0 Å². The zero-order chi connectivity index (χ0) is 25.7. The summed E-state index contributed by atoms with van der Waals surface area (Å²) < 4.78 is 11.6. The van der Waals surface area contributed by atoms with E-state index in [0.717, 1.165) is 23.3 Å². The van der Waals surface area contributed by atoms with Crippen molar-refractivity contribution in [1.29, 1.82) is 0 Å². The monoisotopic (exact) mass is 506 g/mol. The normalized spacial score (nSPS) is 14.9. The smallest absolute Gasteiger partial charge is 0.258 e. The van der Waals surface area contributed by atoms with Gasteiger partial charge in [-0.15, -0.1) is 11.3 Å². The van der Waals surface area contributed by atoms with Crippen molar-refractivity contribution in [2.75, 3.05) is 33.4 Å². The standard InChI is InChI=1S/C29H34N2O4S/c1-20(2)17-30(29(33)23-10-6-8-12-26(23)34-4)18-28(32)31-15-13-27-22(14-16-36-27)24(31)19-35-25-11-7-5-9-21(25)3/h5-12,14,16,20,24H,13,15,17-19H2,1-4H3. The number of para-hydroxylation sites is 2. The van der Waals surface area contributed by atoms with E-state index in [-0.39, 0.29) is 30.3 Å². The second kappa shape index (κ2) is 11.6. The van der Waals surface area contributed by atoms with E-state index < -0.39 is 0 Å². The maximum atomic E-state index is 13.7. The summed E-state index contributed by atoms with van der Waals surface area (Å²) in [6, 6.07) is 17.0. The van der Waals surface area contributed by atoms with E-state index in [1.165, 1.54) is 4.88 Å². The molecule has 0 N–H and O–H groups in total. The molecule has 7 heteroatoms. The van der Waals surface area contributed by atoms with Crippen LogP contribution in [0.15, 0.2) is 60.0 Å². The highest BCUT2D eigenvalue weighted by atomic mass is 32.1. The fourth-order valence-corrected chi connectivity index (χ4v) is 5.60. The molecule has 0 radical (unpaired) electrons. The summed E-state index contributed by atoms with van der Waals surface area (Å²) in [5.41, 5.74) is 2.66. The predicted octanol–water partition coefficient (Wildman–Crippen LogP) is 5.37. The lowest BCUT2D eigenvalue weighted by Gasteiger charge is -2.37. The number of hydrogen-bond acceptors (Lipinski definition) is 5. The first kappa shape index (κ1) is 25.8. The molecule has 2 aromatic carbocycles. The van der Waals surface area contributed by atoms with Crippen molar-refractivity contribution < 1.29 is 19.1 Å². The van der Waals surface area contributed by atoms with Crippen LogP contribution < -0.4 is 9.47 Å². The van der Waals surface area contributed by atoms with Crippen molar-refractivity contribution in [2.45, 2.75) is 33.2 Å². The Morgan fingerprint density at radius 1 is 1.08 bits per heavy atom. The van der Waals surface area contributed by atoms with Crippen molar-refractivity contribution in [3.8, 4) is 11.5 Å². The summed E-state index contributed by atoms with van der Waals surface area (Å²) in [6.07, 6.45) is 0.810. The third kappa shape index (κ3) is 5.73. The van der Waals surface area contributed by atoms with Crippen molar-refractivity contribution in [2.24, 2.45) is 5.92 Å². The van der Waals surface area contributed by atoms with Crippen LogP contribution in [0.5, 0.6) is 11.5 Å². The minimum atomic E-state index is -0.200. The van der Waals surface area contributed by atoms with Crippen molar-refractivity contribution in [3.63, 3.8) is 0 Å². The summed E-state index contributed by atoms with van der Waals surface area (Å²) in [6.45, 7) is 7.56. The van der Waals surface area contributed by atoms with Gasteiger partial charge in [0.2, 0.25) is 5.91 Å². The Balaban J connectivity index is 1.56. The molecule has 36 heavy (non-hydrogen) atoms. The number of benzene rings is 2. The van der Waals surface area contributed by atoms with Crippen LogP contribution in [0.2, 0.25) is 0 Å². The summed E-state index contributed by atoms with van der Waals surface area (Å²) in [5, 5.41) is 2.08. The number of fused-ring (bicyclic) bond motifs is 1. The van der Waals surface area contributed by atoms with Crippen molar-refractivity contribution in [3.05, 3.63) is 81.5 Å². The van der Waals surface area contributed by atoms with Gasteiger partial charge in [0.15, 0.2) is 0 Å². The number of carbonyl (C=O) groups excluding carboxylic acids is 2. The van der Waals surface area contributed by atoms with Gasteiger partial charge in [0, 0.05) is 18.0 Å². The summed E-state index contributed by atoms with van der Waals surface area (Å²) in [5.74, 6) is 1.26. The molecule has 4 rings (SSSR count). The molecule has 1 aromatic heterocycles. The number of thiophene rings is 1. The molecule has 0 spiro atoms. The van der Waals surface area contributed by atoms with Crippen LogP contribution in [-0.4, -0.2) is 55.0 Å². The minimum Gasteiger partial charge on any atom is -0.496 e. The zero-order valence-electron chi connectivity index (χ0n) is 21.4. The molecule has 190 valence electrons. The van der Waals surface area contributed by atoms with Gasteiger partial charge in [-0.1, -0.05) is 44.2 Å². The largest absolute Gasteiger partial charge is 0.496 e. The second-order valence-corrected chi connectivity index (χ2v) is 10.5. The van der Waals surface area contributed by atoms with E-state index in [2.05, 4.69) is 11.4 Å². The molecule has 1 aliphatic heterocycles. The predicted molar refractivity (Wildman–Crippen MR) is 143 cm³/mol. The lowest BCUT2D eigenvalue weighted by molar-refractivity contribution is -0.135. The summed E-state index contributed by atoms with van der Waals surface area (Å²) in [7, 11) is 1.55. The highest BCUT2D eigenvalue weighted by molar-refractivity contribution is 7.10. The molecule has 0 bridgehead atoms. The Labute approximate surface area is 217 Å². The van der Waals surface area contributed by atoms with Gasteiger partial charge in [0.25, 0.3) is 5.91 Å². The Morgan fingerprint density at radius 2 is 1.81 bits per heavy atom. The first-order valence-electron chi connectivity index (χ1n) is 12.4. The average molecular weight is 507 g/mol. The van der Waals surface area contributed by atoms with Gasteiger partial charge in [-0.05, 0) is 60.0 Å². The molecular weight excluding hydrogens is 472 g/mol. The second-order valence-electron chi connectivity index (χ2n) is 9.51. The molecule has 1 aliphatic rings. The Kier molecular flexibility index (Phi) is 8.31. The Morgan fingerprint density at radius 3 is 2.53 bits per heavy atom. The first-order valence-corrected chi connectivity index (χ1v) is 13.2. The average Bonchev–Trinajstić information content (AvgIpc) is 3.36. The minimum absolute atomic E-state index is 0.00932. The zero-order valence-corrected chi connectivity index (χ0v) is 22.2. The first-order chi connectivity index (χ1) is 17.4. The molecule has 3 aromatic rings. The quantitative estimate of drug-likeness (QED) is 0.392. The third-order valence-corrected chi connectivity index (χ3v) is 7.44. The van der Waals surface area contributed by atoms with Crippen LogP contribution in [0, 0.1) is 12.8 Å². The number of hydrogen-bond donors (Lipinski definition) is 0. The van der Waals surface area contributed by atoms with Crippen LogP contribution in [0.25, 0.3) is 0 Å². The number of carbonyl (C=O) groups is 2. The fraction of sp³-hybridized carbons (Fsp3) is 0.379. The lowest BCUT2D eigenvalue weighted by Crippen LogP contribution is -2.48. The Hall–Kier alpha value is -3.32. The van der Waals surface area contributed by atoms with Crippen LogP contribution >= 0.6 is 11.3 Å². The van der Waals surface area contributed by atoms with Gasteiger partial charge < -0.3 is 19.3 Å². The van der Waals surface area contributed by atoms with Crippen LogP contribution in [0.3, 0.4) is 0 Å². The number of methoxy groups -OCH3 is 1. The van der Waals surface area contributed by atoms with E-state index >= 15 is 0 Å². The van der Waals surface area contributed by atoms with Gasteiger partial charge in [0.1, 0.15) is 24.7 Å². The van der Waals surface area contributed by atoms with E-state index in [0.29, 0.717) is 31.0 Å². The van der Waals surface area contributed by atoms with Gasteiger partial charge in [-0.3, -0.25) is 9.59 Å².